The second-order valence-corrected chi connectivity index (χ2v) is 4.89. The van der Waals surface area contributed by atoms with Gasteiger partial charge in [-0.3, -0.25) is 10.2 Å². The van der Waals surface area contributed by atoms with Gasteiger partial charge in [0.1, 0.15) is 12.1 Å². The molecule has 0 saturated heterocycles. The predicted molar refractivity (Wildman–Crippen MR) is 85.7 cm³/mol. The summed E-state index contributed by atoms with van der Waals surface area (Å²) in [4.78, 5) is 14.1. The van der Waals surface area contributed by atoms with Crippen LogP contribution in [-0.2, 0) is 6.54 Å². The van der Waals surface area contributed by atoms with Gasteiger partial charge < -0.3 is 4.90 Å². The molecule has 0 aromatic heterocycles. The molecule has 1 amide bonds. The fourth-order valence-electron chi connectivity index (χ4n) is 2.37. The number of carbonyl (C=O) groups excluding carboxylic acids is 1. The molecule has 0 fully saturated rings. The quantitative estimate of drug-likeness (QED) is 0.696. The molecule has 6 heteroatoms. The first-order chi connectivity index (χ1) is 11.2. The van der Waals surface area contributed by atoms with E-state index in [9.17, 15) is 4.79 Å². The molecule has 0 atom stereocenters. The van der Waals surface area contributed by atoms with Gasteiger partial charge in [-0.2, -0.15) is 15.6 Å². The molecular weight excluding hydrogens is 290 g/mol. The van der Waals surface area contributed by atoms with E-state index < -0.39 is 0 Å². The van der Waals surface area contributed by atoms with Gasteiger partial charge in [-0.1, -0.05) is 18.2 Å². The van der Waals surface area contributed by atoms with E-state index in [0.29, 0.717) is 12.2 Å². The smallest absolute Gasteiger partial charge is 0.258 e. The van der Waals surface area contributed by atoms with E-state index in [1.54, 1.807) is 41.3 Å². The van der Waals surface area contributed by atoms with Gasteiger partial charge in [0.15, 0.2) is 0 Å². The summed E-state index contributed by atoms with van der Waals surface area (Å²) in [7, 11) is 0. The fraction of sp³-hybridized carbons (Fsp3) is 0.0588. The minimum atomic E-state index is -0.251. The number of benzene rings is 2. The van der Waals surface area contributed by atoms with Gasteiger partial charge in [0.2, 0.25) is 5.71 Å². The molecule has 23 heavy (non-hydrogen) atoms. The van der Waals surface area contributed by atoms with Crippen molar-refractivity contribution < 1.29 is 4.79 Å². The van der Waals surface area contributed by atoms with E-state index in [1.807, 2.05) is 24.3 Å². The maximum absolute atomic E-state index is 12.4. The lowest BCUT2D eigenvalue weighted by molar-refractivity contribution is 0.0996. The van der Waals surface area contributed by atoms with E-state index in [-0.39, 0.29) is 11.6 Å². The van der Waals surface area contributed by atoms with Crippen molar-refractivity contribution in [1.82, 2.24) is 0 Å². The summed E-state index contributed by atoms with van der Waals surface area (Å²) in [6.45, 7) is 0.549. The molecule has 0 spiro atoms. The maximum Gasteiger partial charge on any atom is 0.258 e. The Balaban J connectivity index is 1.77. The average molecular weight is 301 g/mol. The predicted octanol–water partition coefficient (Wildman–Crippen LogP) is 2.66. The number of anilines is 2. The normalized spacial score (nSPS) is 12.1. The van der Waals surface area contributed by atoms with Crippen LogP contribution in [0.5, 0.6) is 0 Å². The number of carbonyl (C=O) groups is 1. The number of rotatable bonds is 3. The minimum absolute atomic E-state index is 0.0180. The summed E-state index contributed by atoms with van der Waals surface area (Å²) in [5.74, 6) is -0.0180. The average Bonchev–Trinajstić information content (AvgIpc) is 2.94. The molecule has 1 N–H and O–H groups in total. The molecule has 2 aromatic carbocycles. The SMILES string of the molecule is N#CC(C#N)=NNc1ccc(N2Cc3ccccc3C2=O)cc1. The minimum Gasteiger partial charge on any atom is -0.304 e. The molecule has 0 radical (unpaired) electrons. The third kappa shape index (κ3) is 2.74. The molecule has 1 aliphatic heterocycles. The van der Waals surface area contributed by atoms with Crippen LogP contribution in [0.1, 0.15) is 15.9 Å². The first-order valence-corrected chi connectivity index (χ1v) is 6.86. The highest BCUT2D eigenvalue weighted by atomic mass is 16.2. The first kappa shape index (κ1) is 14.3. The van der Waals surface area contributed by atoms with Crippen LogP contribution in [0.4, 0.5) is 11.4 Å². The van der Waals surface area contributed by atoms with Gasteiger partial charge >= 0.3 is 0 Å². The Labute approximate surface area is 132 Å². The Hall–Kier alpha value is -3.64. The summed E-state index contributed by atoms with van der Waals surface area (Å²) in [5.41, 5.74) is 5.53. The van der Waals surface area contributed by atoms with Gasteiger partial charge in [0, 0.05) is 11.3 Å². The summed E-state index contributed by atoms with van der Waals surface area (Å²) in [5, 5.41) is 20.9. The number of hydrazone groups is 1. The lowest BCUT2D eigenvalue weighted by Gasteiger charge is -2.16. The van der Waals surface area contributed by atoms with E-state index in [1.165, 1.54) is 0 Å². The maximum atomic E-state index is 12.4. The second-order valence-electron chi connectivity index (χ2n) is 4.89. The molecule has 6 nitrogen and oxygen atoms in total. The zero-order valence-electron chi connectivity index (χ0n) is 12.0. The zero-order chi connectivity index (χ0) is 16.2. The molecule has 0 aliphatic carbocycles. The molecule has 110 valence electrons. The Morgan fingerprint density at radius 1 is 1.09 bits per heavy atom. The fourth-order valence-corrected chi connectivity index (χ4v) is 2.37. The molecule has 0 saturated carbocycles. The van der Waals surface area contributed by atoms with Gasteiger partial charge in [0.25, 0.3) is 5.91 Å². The van der Waals surface area contributed by atoms with E-state index in [0.717, 1.165) is 16.8 Å². The topological polar surface area (TPSA) is 92.3 Å². The monoisotopic (exact) mass is 301 g/mol. The van der Waals surface area contributed by atoms with Crippen molar-refractivity contribution in [2.45, 2.75) is 6.54 Å². The standard InChI is InChI=1S/C17H11N5O/c18-9-14(10-19)21-20-13-5-7-15(8-6-13)22-11-12-3-1-2-4-16(12)17(22)23/h1-8,20H,11H2. The van der Waals surface area contributed by atoms with Crippen molar-refractivity contribution in [1.29, 1.82) is 10.5 Å². The van der Waals surface area contributed by atoms with E-state index in [2.05, 4.69) is 10.5 Å². The molecule has 1 aliphatic rings. The van der Waals surface area contributed by atoms with Crippen molar-refractivity contribution in [3.63, 3.8) is 0 Å². The van der Waals surface area contributed by atoms with Crippen LogP contribution >= 0.6 is 0 Å². The number of hydrogen-bond acceptors (Lipinski definition) is 5. The van der Waals surface area contributed by atoms with Crippen LogP contribution in [0, 0.1) is 22.7 Å². The van der Waals surface area contributed by atoms with Gasteiger partial charge in [0.05, 0.1) is 12.2 Å². The third-order valence-corrected chi connectivity index (χ3v) is 3.51. The van der Waals surface area contributed by atoms with Crippen molar-refractivity contribution in [2.24, 2.45) is 5.10 Å². The summed E-state index contributed by atoms with van der Waals surface area (Å²) >= 11 is 0. The van der Waals surface area contributed by atoms with Crippen molar-refractivity contribution in [2.75, 3.05) is 10.3 Å². The summed E-state index contributed by atoms with van der Waals surface area (Å²) in [6.07, 6.45) is 0. The molecule has 3 rings (SSSR count). The van der Waals surface area contributed by atoms with Crippen molar-refractivity contribution in [3.05, 3.63) is 59.7 Å². The molecule has 2 aromatic rings. The molecule has 0 bridgehead atoms. The number of nitrogens with one attached hydrogen (secondary N) is 1. The van der Waals surface area contributed by atoms with Gasteiger partial charge in [-0.05, 0) is 35.9 Å². The Morgan fingerprint density at radius 3 is 2.43 bits per heavy atom. The number of nitrogens with zero attached hydrogens (tertiary/aromatic N) is 4. The van der Waals surface area contributed by atoms with E-state index >= 15 is 0 Å². The summed E-state index contributed by atoms with van der Waals surface area (Å²) < 4.78 is 0. The lowest BCUT2D eigenvalue weighted by Crippen LogP contribution is -2.22. The van der Waals surface area contributed by atoms with Crippen molar-refractivity contribution >= 4 is 23.0 Å². The van der Waals surface area contributed by atoms with Crippen molar-refractivity contribution in [3.8, 4) is 12.1 Å². The highest BCUT2D eigenvalue weighted by Crippen LogP contribution is 2.28. The number of hydrogen-bond donors (Lipinski definition) is 1. The van der Waals surface area contributed by atoms with E-state index in [4.69, 9.17) is 10.5 Å². The zero-order valence-corrected chi connectivity index (χ0v) is 12.0. The largest absolute Gasteiger partial charge is 0.304 e. The number of nitriles is 2. The van der Waals surface area contributed by atoms with Gasteiger partial charge in [-0.15, -0.1) is 0 Å². The molecular formula is C17H11N5O. The number of amides is 1. The first-order valence-electron chi connectivity index (χ1n) is 6.86. The number of fused-ring (bicyclic) bond motifs is 1. The van der Waals surface area contributed by atoms with Crippen LogP contribution in [0.15, 0.2) is 53.6 Å². The summed E-state index contributed by atoms with van der Waals surface area (Å²) in [6, 6.07) is 17.9. The molecule has 0 unspecified atom stereocenters. The Morgan fingerprint density at radius 2 is 1.78 bits per heavy atom. The van der Waals surface area contributed by atoms with Crippen LogP contribution < -0.4 is 10.3 Å². The highest BCUT2D eigenvalue weighted by Gasteiger charge is 2.27. The third-order valence-electron chi connectivity index (χ3n) is 3.51. The van der Waals surface area contributed by atoms with Crippen LogP contribution in [0.2, 0.25) is 0 Å². The lowest BCUT2D eigenvalue weighted by atomic mass is 10.1. The van der Waals surface area contributed by atoms with Crippen LogP contribution in [0.3, 0.4) is 0 Å². The van der Waals surface area contributed by atoms with Crippen LogP contribution in [0.25, 0.3) is 0 Å². The Kier molecular flexibility index (Phi) is 3.73. The van der Waals surface area contributed by atoms with Crippen LogP contribution in [-0.4, -0.2) is 11.6 Å². The highest BCUT2D eigenvalue weighted by molar-refractivity contribution is 6.10. The van der Waals surface area contributed by atoms with Gasteiger partial charge in [-0.25, -0.2) is 0 Å². The second kappa shape index (κ2) is 6.00. The Bertz CT molecular complexity index is 855. The molecule has 1 heterocycles.